The van der Waals surface area contributed by atoms with Crippen LogP contribution in [0.25, 0.3) is 0 Å². The first-order valence-electron chi connectivity index (χ1n) is 14.0. The van der Waals surface area contributed by atoms with Crippen LogP contribution in [0, 0.1) is 6.92 Å². The molecule has 222 valence electrons. The SMILES string of the molecule is CCOC(=O)CCNC(=O)C(c1cccc(C)c1)N(C(=O)C(Cc1ccc(O)cc1)NC(=O)OC(C)(C)C)C1CC1. The second-order valence-corrected chi connectivity index (χ2v) is 11.2. The smallest absolute Gasteiger partial charge is 0.408 e. The molecule has 41 heavy (non-hydrogen) atoms. The number of hydrogen-bond donors (Lipinski definition) is 3. The summed E-state index contributed by atoms with van der Waals surface area (Å²) in [5, 5.41) is 15.2. The number of phenolic OH excluding ortho intramolecular Hbond substituents is 1. The van der Waals surface area contributed by atoms with Gasteiger partial charge in [-0.25, -0.2) is 4.79 Å². The summed E-state index contributed by atoms with van der Waals surface area (Å²) in [6, 6.07) is 11.5. The minimum atomic E-state index is -1.05. The first kappa shape index (κ1) is 31.4. The summed E-state index contributed by atoms with van der Waals surface area (Å²) in [4.78, 5) is 54.3. The van der Waals surface area contributed by atoms with Gasteiger partial charge in [0.1, 0.15) is 23.4 Å². The van der Waals surface area contributed by atoms with Crippen LogP contribution in [-0.4, -0.2) is 64.7 Å². The number of alkyl carbamates (subject to hydrolysis) is 1. The number of nitrogens with zero attached hydrogens (tertiary/aromatic N) is 1. The number of esters is 1. The molecule has 2 unspecified atom stereocenters. The molecule has 2 aromatic carbocycles. The second kappa shape index (κ2) is 14.0. The van der Waals surface area contributed by atoms with Gasteiger partial charge in [0.05, 0.1) is 13.0 Å². The Labute approximate surface area is 241 Å². The molecule has 3 rings (SSSR count). The maximum absolute atomic E-state index is 14.3. The highest BCUT2D eigenvalue weighted by Crippen LogP contribution is 2.36. The highest BCUT2D eigenvalue weighted by atomic mass is 16.6. The van der Waals surface area contributed by atoms with E-state index in [0.717, 1.165) is 5.56 Å². The Morgan fingerprint density at radius 2 is 1.76 bits per heavy atom. The Morgan fingerprint density at radius 1 is 1.07 bits per heavy atom. The first-order chi connectivity index (χ1) is 19.4. The third kappa shape index (κ3) is 9.81. The molecular weight excluding hydrogens is 526 g/mol. The molecule has 0 radical (unpaired) electrons. The molecule has 2 aromatic rings. The average Bonchev–Trinajstić information content (AvgIpc) is 3.72. The van der Waals surface area contributed by atoms with Crippen molar-refractivity contribution in [2.45, 2.75) is 84.0 Å². The van der Waals surface area contributed by atoms with Crippen LogP contribution in [0.4, 0.5) is 4.79 Å². The molecular formula is C31H41N3O7. The number of benzene rings is 2. The zero-order valence-electron chi connectivity index (χ0n) is 24.4. The van der Waals surface area contributed by atoms with E-state index in [1.54, 1.807) is 50.8 Å². The van der Waals surface area contributed by atoms with Crippen molar-refractivity contribution in [3.8, 4) is 5.75 Å². The lowest BCUT2D eigenvalue weighted by Gasteiger charge is -2.35. The van der Waals surface area contributed by atoms with Crippen LogP contribution in [0.15, 0.2) is 48.5 Å². The molecule has 3 amide bonds. The maximum atomic E-state index is 14.3. The van der Waals surface area contributed by atoms with Crippen molar-refractivity contribution in [1.29, 1.82) is 0 Å². The third-order valence-electron chi connectivity index (χ3n) is 6.38. The summed E-state index contributed by atoms with van der Waals surface area (Å²) < 4.78 is 10.4. The minimum absolute atomic E-state index is 0.00116. The lowest BCUT2D eigenvalue weighted by Crippen LogP contribution is -2.54. The van der Waals surface area contributed by atoms with E-state index < -0.39 is 41.6 Å². The van der Waals surface area contributed by atoms with Crippen molar-refractivity contribution < 1.29 is 33.8 Å². The highest BCUT2D eigenvalue weighted by molar-refractivity contribution is 5.93. The fraction of sp³-hybridized carbons (Fsp3) is 0.484. The van der Waals surface area contributed by atoms with Gasteiger partial charge in [-0.15, -0.1) is 0 Å². The van der Waals surface area contributed by atoms with Gasteiger partial charge in [0.15, 0.2) is 0 Å². The van der Waals surface area contributed by atoms with Crippen molar-refractivity contribution in [2.24, 2.45) is 0 Å². The molecule has 3 N–H and O–H groups in total. The van der Waals surface area contributed by atoms with E-state index in [9.17, 15) is 24.3 Å². The van der Waals surface area contributed by atoms with Crippen LogP contribution in [0.2, 0.25) is 0 Å². The second-order valence-electron chi connectivity index (χ2n) is 11.2. The first-order valence-corrected chi connectivity index (χ1v) is 14.0. The van der Waals surface area contributed by atoms with Gasteiger partial charge in [-0.1, -0.05) is 42.0 Å². The van der Waals surface area contributed by atoms with Crippen LogP contribution in [-0.2, 0) is 30.3 Å². The monoisotopic (exact) mass is 567 g/mol. The average molecular weight is 568 g/mol. The minimum Gasteiger partial charge on any atom is -0.508 e. The largest absolute Gasteiger partial charge is 0.508 e. The predicted octanol–water partition coefficient (Wildman–Crippen LogP) is 3.94. The topological polar surface area (TPSA) is 134 Å². The molecule has 0 heterocycles. The van der Waals surface area contributed by atoms with Crippen molar-refractivity contribution in [1.82, 2.24) is 15.5 Å². The number of rotatable bonds is 12. The van der Waals surface area contributed by atoms with Crippen LogP contribution >= 0.6 is 0 Å². The Balaban J connectivity index is 1.95. The summed E-state index contributed by atoms with van der Waals surface area (Å²) in [5.74, 6) is -1.21. The van der Waals surface area contributed by atoms with Gasteiger partial charge < -0.3 is 30.1 Å². The van der Waals surface area contributed by atoms with E-state index in [0.29, 0.717) is 24.0 Å². The van der Waals surface area contributed by atoms with Crippen molar-refractivity contribution in [3.63, 3.8) is 0 Å². The van der Waals surface area contributed by atoms with Gasteiger partial charge in [0, 0.05) is 19.0 Å². The van der Waals surface area contributed by atoms with E-state index >= 15 is 0 Å². The fourth-order valence-electron chi connectivity index (χ4n) is 4.46. The van der Waals surface area contributed by atoms with Gasteiger partial charge in [0.25, 0.3) is 0 Å². The highest BCUT2D eigenvalue weighted by Gasteiger charge is 2.44. The molecule has 0 saturated heterocycles. The van der Waals surface area contributed by atoms with E-state index in [-0.39, 0.29) is 37.8 Å². The summed E-state index contributed by atoms with van der Waals surface area (Å²) >= 11 is 0. The molecule has 1 aliphatic carbocycles. The lowest BCUT2D eigenvalue weighted by atomic mass is 9.99. The maximum Gasteiger partial charge on any atom is 0.408 e. The molecule has 2 atom stereocenters. The van der Waals surface area contributed by atoms with Crippen LogP contribution in [0.5, 0.6) is 5.75 Å². The molecule has 1 aliphatic rings. The molecule has 10 nitrogen and oxygen atoms in total. The standard InChI is InChI=1S/C31H41N3O7/c1-6-40-26(36)16-17-32-28(37)27(22-9-7-8-20(2)18-22)34(23-12-13-23)29(38)25(33-30(39)41-31(3,4)5)19-21-10-14-24(35)15-11-21/h7-11,14-15,18,23,25,27,35H,6,12-13,16-17,19H2,1-5H3,(H,32,37)(H,33,39). The summed E-state index contributed by atoms with van der Waals surface area (Å²) in [6.45, 7) is 9.11. The third-order valence-corrected chi connectivity index (χ3v) is 6.38. The van der Waals surface area contributed by atoms with Gasteiger partial charge in [0.2, 0.25) is 11.8 Å². The molecule has 0 aromatic heterocycles. The quantitative estimate of drug-likeness (QED) is 0.331. The number of carbonyl (C=O) groups is 4. The number of phenols is 1. The normalized spacial score (nSPS) is 14.4. The molecule has 0 aliphatic heterocycles. The Kier molecular flexibility index (Phi) is 10.7. The number of aromatic hydroxyl groups is 1. The number of hydrogen-bond acceptors (Lipinski definition) is 7. The fourth-order valence-corrected chi connectivity index (χ4v) is 4.46. The molecule has 1 saturated carbocycles. The van der Waals surface area contributed by atoms with E-state index in [1.807, 2.05) is 25.1 Å². The number of aryl methyl sites for hydroxylation is 1. The zero-order chi connectivity index (χ0) is 30.2. The van der Waals surface area contributed by atoms with Gasteiger partial charge in [-0.2, -0.15) is 0 Å². The Bertz CT molecular complexity index is 1220. The Hall–Kier alpha value is -4.08. The molecule has 0 spiro atoms. The van der Waals surface area contributed by atoms with Crippen LogP contribution in [0.3, 0.4) is 0 Å². The molecule has 0 bridgehead atoms. The summed E-state index contributed by atoms with van der Waals surface area (Å²) in [7, 11) is 0. The van der Waals surface area contributed by atoms with E-state index in [1.165, 1.54) is 12.1 Å². The number of amides is 3. The van der Waals surface area contributed by atoms with Crippen LogP contribution in [0.1, 0.15) is 69.7 Å². The number of carbonyl (C=O) groups excluding carboxylic acids is 4. The summed E-state index contributed by atoms with van der Waals surface area (Å²) in [6.07, 6.45) is 0.787. The van der Waals surface area contributed by atoms with E-state index in [2.05, 4.69) is 10.6 Å². The lowest BCUT2D eigenvalue weighted by molar-refractivity contribution is -0.144. The van der Waals surface area contributed by atoms with Gasteiger partial charge in [-0.05, 0) is 70.7 Å². The molecule has 10 heteroatoms. The van der Waals surface area contributed by atoms with Gasteiger partial charge >= 0.3 is 12.1 Å². The van der Waals surface area contributed by atoms with Gasteiger partial charge in [-0.3, -0.25) is 14.4 Å². The van der Waals surface area contributed by atoms with Crippen LogP contribution < -0.4 is 10.6 Å². The summed E-state index contributed by atoms with van der Waals surface area (Å²) in [5.41, 5.74) is 1.47. The zero-order valence-corrected chi connectivity index (χ0v) is 24.4. The predicted molar refractivity (Wildman–Crippen MR) is 153 cm³/mol. The van der Waals surface area contributed by atoms with Crippen molar-refractivity contribution in [2.75, 3.05) is 13.2 Å². The van der Waals surface area contributed by atoms with Crippen molar-refractivity contribution >= 4 is 23.9 Å². The molecule has 1 fully saturated rings. The Morgan fingerprint density at radius 3 is 2.34 bits per heavy atom. The van der Waals surface area contributed by atoms with Crippen molar-refractivity contribution in [3.05, 3.63) is 65.2 Å². The number of nitrogens with one attached hydrogen (secondary N) is 2. The number of ether oxygens (including phenoxy) is 2. The van der Waals surface area contributed by atoms with E-state index in [4.69, 9.17) is 9.47 Å².